The van der Waals surface area contributed by atoms with Gasteiger partial charge in [-0.25, -0.2) is 13.8 Å². The normalized spacial score (nSPS) is 18.2. The average molecular weight is 345 g/mol. The van der Waals surface area contributed by atoms with E-state index in [9.17, 15) is 13.6 Å². The highest BCUT2D eigenvalue weighted by atomic mass is 19.3. The van der Waals surface area contributed by atoms with Crippen molar-refractivity contribution in [2.24, 2.45) is 0 Å². The van der Waals surface area contributed by atoms with E-state index in [4.69, 9.17) is 4.42 Å². The van der Waals surface area contributed by atoms with Gasteiger partial charge in [0.05, 0.1) is 23.4 Å². The topological polar surface area (TPSA) is 62.1 Å². The van der Waals surface area contributed by atoms with Crippen LogP contribution in [0.2, 0.25) is 0 Å². The van der Waals surface area contributed by atoms with E-state index < -0.39 is 12.2 Å². The van der Waals surface area contributed by atoms with Crippen LogP contribution in [-0.2, 0) is 0 Å². The van der Waals surface area contributed by atoms with E-state index in [-0.39, 0.29) is 17.5 Å². The molecule has 4 rings (SSSR count). The number of aromatic amines is 1. The fourth-order valence-corrected chi connectivity index (χ4v) is 3.43. The predicted molar refractivity (Wildman–Crippen MR) is 87.4 cm³/mol. The molecule has 2 aromatic heterocycles. The molecular weight excluding hydrogens is 328 g/mol. The number of H-pyrrole nitrogens is 1. The zero-order valence-corrected chi connectivity index (χ0v) is 13.4. The Morgan fingerprint density at radius 3 is 2.92 bits per heavy atom. The lowest BCUT2D eigenvalue weighted by atomic mass is 9.98. The Morgan fingerprint density at radius 2 is 2.16 bits per heavy atom. The Kier molecular flexibility index (Phi) is 3.99. The van der Waals surface area contributed by atoms with Gasteiger partial charge in [-0.2, -0.15) is 0 Å². The number of alkyl halides is 2. The molecule has 1 aliphatic rings. The Hall–Kier alpha value is -2.70. The van der Waals surface area contributed by atoms with Crippen LogP contribution < -0.4 is 0 Å². The molecule has 1 N–H and O–H groups in total. The number of furan rings is 1. The number of rotatable bonds is 3. The number of nitrogens with one attached hydrogen (secondary N) is 1. The van der Waals surface area contributed by atoms with Gasteiger partial charge in [0, 0.05) is 6.54 Å². The summed E-state index contributed by atoms with van der Waals surface area (Å²) in [6.07, 6.45) is 1.62. The van der Waals surface area contributed by atoms with Gasteiger partial charge in [-0.15, -0.1) is 0 Å². The van der Waals surface area contributed by atoms with Gasteiger partial charge < -0.3 is 14.3 Å². The van der Waals surface area contributed by atoms with Crippen molar-refractivity contribution in [2.45, 2.75) is 31.7 Å². The molecule has 1 aliphatic heterocycles. The average Bonchev–Trinajstić information content (AvgIpc) is 3.30. The number of aromatic nitrogens is 2. The molecule has 1 fully saturated rings. The summed E-state index contributed by atoms with van der Waals surface area (Å²) >= 11 is 0. The van der Waals surface area contributed by atoms with Crippen molar-refractivity contribution in [3.8, 4) is 0 Å². The number of piperidine rings is 1. The summed E-state index contributed by atoms with van der Waals surface area (Å²) in [7, 11) is 0. The summed E-state index contributed by atoms with van der Waals surface area (Å²) in [6, 6.07) is 8.48. The quantitative estimate of drug-likeness (QED) is 0.762. The Morgan fingerprint density at radius 1 is 1.28 bits per heavy atom. The molecule has 1 saturated heterocycles. The molecule has 0 aliphatic carbocycles. The number of nitrogens with zero attached hydrogens (tertiary/aromatic N) is 2. The molecule has 1 atom stereocenters. The first-order chi connectivity index (χ1) is 12.1. The number of benzene rings is 1. The second-order valence-electron chi connectivity index (χ2n) is 6.15. The van der Waals surface area contributed by atoms with Crippen LogP contribution in [-0.4, -0.2) is 27.3 Å². The van der Waals surface area contributed by atoms with E-state index in [1.54, 1.807) is 35.4 Å². The van der Waals surface area contributed by atoms with Crippen LogP contribution in [0.1, 0.15) is 53.7 Å². The zero-order chi connectivity index (χ0) is 17.4. The van der Waals surface area contributed by atoms with Gasteiger partial charge in [-0.1, -0.05) is 6.07 Å². The number of fused-ring (bicyclic) bond motifs is 1. The maximum Gasteiger partial charge on any atom is 0.295 e. The molecule has 0 bridgehead atoms. The largest absolute Gasteiger partial charge is 0.467 e. The van der Waals surface area contributed by atoms with Crippen molar-refractivity contribution in [2.75, 3.05) is 6.54 Å². The number of likely N-dealkylation sites (tertiary alicyclic amines) is 1. The lowest BCUT2D eigenvalue weighted by Crippen LogP contribution is -2.38. The monoisotopic (exact) mass is 345 g/mol. The van der Waals surface area contributed by atoms with E-state index in [0.717, 1.165) is 25.0 Å². The number of para-hydroxylation sites is 1. The van der Waals surface area contributed by atoms with Crippen molar-refractivity contribution in [1.29, 1.82) is 0 Å². The minimum atomic E-state index is -2.71. The summed E-state index contributed by atoms with van der Waals surface area (Å²) < 4.78 is 31.4. The molecule has 0 spiro atoms. The van der Waals surface area contributed by atoms with Gasteiger partial charge >= 0.3 is 0 Å². The molecule has 0 radical (unpaired) electrons. The second kappa shape index (κ2) is 6.31. The Bertz CT molecular complexity index is 889. The third kappa shape index (κ3) is 2.79. The van der Waals surface area contributed by atoms with E-state index >= 15 is 0 Å². The van der Waals surface area contributed by atoms with Gasteiger partial charge in [-0.3, -0.25) is 4.79 Å². The van der Waals surface area contributed by atoms with Gasteiger partial charge in [0.1, 0.15) is 11.3 Å². The fraction of sp³-hybridized carbons (Fsp3) is 0.333. The van der Waals surface area contributed by atoms with Crippen LogP contribution in [0.3, 0.4) is 0 Å². The third-order valence-corrected chi connectivity index (χ3v) is 4.60. The first kappa shape index (κ1) is 15.8. The van der Waals surface area contributed by atoms with Gasteiger partial charge in [0.15, 0.2) is 5.82 Å². The number of carbonyl (C=O) groups excluding carboxylic acids is 1. The maximum absolute atomic E-state index is 13.1. The van der Waals surface area contributed by atoms with Crippen molar-refractivity contribution in [3.05, 3.63) is 53.7 Å². The maximum atomic E-state index is 13.1. The molecule has 1 amide bonds. The first-order valence-electron chi connectivity index (χ1n) is 8.26. The Labute approximate surface area is 142 Å². The fourth-order valence-electron chi connectivity index (χ4n) is 3.43. The number of amides is 1. The third-order valence-electron chi connectivity index (χ3n) is 4.60. The van der Waals surface area contributed by atoms with Crippen LogP contribution >= 0.6 is 0 Å². The molecule has 3 heterocycles. The summed E-state index contributed by atoms with van der Waals surface area (Å²) in [6.45, 7) is 0.604. The van der Waals surface area contributed by atoms with Gasteiger partial charge in [-0.05, 0) is 43.5 Å². The minimum Gasteiger partial charge on any atom is -0.467 e. The molecule has 130 valence electrons. The zero-order valence-electron chi connectivity index (χ0n) is 13.4. The molecular formula is C18H17F2N3O2. The molecule has 1 aromatic carbocycles. The standard InChI is InChI=1S/C18H17F2N3O2/c19-16(20)17-21-12-6-3-5-11(15(12)22-17)18(24)23-9-2-1-7-13(23)14-8-4-10-25-14/h3-6,8,10,13,16H,1-2,7,9H2,(H,21,22). The van der Waals surface area contributed by atoms with Crippen LogP contribution in [0.25, 0.3) is 11.0 Å². The molecule has 25 heavy (non-hydrogen) atoms. The minimum absolute atomic E-state index is 0.139. The van der Waals surface area contributed by atoms with E-state index in [1.807, 2.05) is 6.07 Å². The Balaban J connectivity index is 1.73. The number of hydrogen-bond acceptors (Lipinski definition) is 3. The van der Waals surface area contributed by atoms with Crippen LogP contribution in [0.5, 0.6) is 0 Å². The lowest BCUT2D eigenvalue weighted by molar-refractivity contribution is 0.0582. The van der Waals surface area contributed by atoms with Gasteiger partial charge in [0.2, 0.25) is 0 Å². The first-order valence-corrected chi connectivity index (χ1v) is 8.26. The molecule has 5 nitrogen and oxygen atoms in total. The van der Waals surface area contributed by atoms with Crippen molar-refractivity contribution < 1.29 is 18.0 Å². The number of imidazole rings is 1. The predicted octanol–water partition coefficient (Wildman–Crippen LogP) is 4.46. The van der Waals surface area contributed by atoms with Crippen LogP contribution in [0.15, 0.2) is 41.0 Å². The number of halogens is 2. The van der Waals surface area contributed by atoms with Crippen molar-refractivity contribution >= 4 is 16.9 Å². The highest BCUT2D eigenvalue weighted by Crippen LogP contribution is 2.33. The van der Waals surface area contributed by atoms with Gasteiger partial charge in [0.25, 0.3) is 12.3 Å². The summed E-state index contributed by atoms with van der Waals surface area (Å²) in [4.78, 5) is 21.4. The second-order valence-corrected chi connectivity index (χ2v) is 6.15. The highest BCUT2D eigenvalue weighted by molar-refractivity contribution is 6.05. The summed E-state index contributed by atoms with van der Waals surface area (Å²) in [5.41, 5.74) is 1.05. The molecule has 0 saturated carbocycles. The van der Waals surface area contributed by atoms with Crippen LogP contribution in [0, 0.1) is 0 Å². The summed E-state index contributed by atoms with van der Waals surface area (Å²) in [5, 5.41) is 0. The smallest absolute Gasteiger partial charge is 0.295 e. The van der Waals surface area contributed by atoms with Crippen molar-refractivity contribution in [1.82, 2.24) is 14.9 Å². The van der Waals surface area contributed by atoms with E-state index in [0.29, 0.717) is 17.6 Å². The van der Waals surface area contributed by atoms with Crippen molar-refractivity contribution in [3.63, 3.8) is 0 Å². The number of carbonyl (C=O) groups is 1. The van der Waals surface area contributed by atoms with E-state index in [1.165, 1.54) is 0 Å². The summed E-state index contributed by atoms with van der Waals surface area (Å²) in [5.74, 6) is 0.117. The number of hydrogen-bond donors (Lipinski definition) is 1. The highest BCUT2D eigenvalue weighted by Gasteiger charge is 2.31. The molecule has 1 unspecified atom stereocenters. The SMILES string of the molecule is O=C(c1cccc2[nH]c(C(F)F)nc12)N1CCCCC1c1ccco1. The molecule has 3 aromatic rings. The molecule has 7 heteroatoms. The lowest BCUT2D eigenvalue weighted by Gasteiger charge is -2.34. The van der Waals surface area contributed by atoms with Crippen LogP contribution in [0.4, 0.5) is 8.78 Å². The van der Waals surface area contributed by atoms with E-state index in [2.05, 4.69) is 9.97 Å².